The molecular weight excluding hydrogens is 1070 g/mol. The minimum atomic E-state index is -6.21. The Balaban J connectivity index is 0.000000221. The van der Waals surface area contributed by atoms with Crippen molar-refractivity contribution in [1.29, 1.82) is 0 Å². The number of rotatable bonds is 9. The van der Waals surface area contributed by atoms with Gasteiger partial charge in [-0.15, -0.1) is 0 Å². The van der Waals surface area contributed by atoms with Crippen LogP contribution in [0.25, 0.3) is 33.6 Å². The number of halogens is 17. The van der Waals surface area contributed by atoms with Gasteiger partial charge in [-0.25, -0.2) is 28.1 Å². The summed E-state index contributed by atoms with van der Waals surface area (Å²) in [7, 11) is 0. The molecule has 0 spiro atoms. The number of amides is 1. The summed E-state index contributed by atoms with van der Waals surface area (Å²) in [5, 5.41) is 10.00. The molecule has 2 aliphatic rings. The Kier molecular flexibility index (Phi) is 15.8. The maximum atomic E-state index is 14.6. The van der Waals surface area contributed by atoms with Crippen molar-refractivity contribution in [3.8, 4) is 33.6 Å². The van der Waals surface area contributed by atoms with Gasteiger partial charge >= 0.3 is 36.0 Å². The third kappa shape index (κ3) is 11.8. The van der Waals surface area contributed by atoms with Crippen molar-refractivity contribution in [1.82, 2.24) is 34.8 Å². The molecule has 0 aliphatic heterocycles. The zero-order valence-electron chi connectivity index (χ0n) is 37.9. The molecular formula is C46H37Cl3F14N8O2. The molecule has 2 aliphatic carbocycles. The maximum absolute atomic E-state index is 14.6. The fraction of sp³-hybridized carbons (Fsp3) is 0.348. The molecule has 1 amide bonds. The smallest absolute Gasteiger partial charge is 0.349 e. The van der Waals surface area contributed by atoms with Crippen molar-refractivity contribution in [2.75, 3.05) is 0 Å². The van der Waals surface area contributed by atoms with Crippen LogP contribution in [-0.4, -0.2) is 77.5 Å². The summed E-state index contributed by atoms with van der Waals surface area (Å²) in [5.41, 5.74) is -7.23. The van der Waals surface area contributed by atoms with Gasteiger partial charge in [0.15, 0.2) is 0 Å². The lowest BCUT2D eigenvalue weighted by Gasteiger charge is -2.31. The number of alkyl halides is 14. The number of aryl methyl sites for hydroxylation is 4. The standard InChI is InChI=1S/C23H18ClF7N4O.C20H12Cl2F7N3O.C3H7N/c1-11-5-14(21(25,22(26,27)28)23(29,30)31)6-12(2)18(11)13-8-33-35(10-13)16-7-17(19(24)32-9-16)20(36)34-15-3-4-15;1-9-3-12(18(23,19(24,25)26)20(27,28)29)4-10(2)15(9)11-6-31-32(8-11)13-5-14(17(22)33)16(21)30-7-13;4-3-1-2-3/h5-10,15H,3-4H2,1-2H3,(H,34,36);3-8H,1-2H3;3H,1-2,4H2. The summed E-state index contributed by atoms with van der Waals surface area (Å²) < 4.78 is 190. The zero-order valence-corrected chi connectivity index (χ0v) is 40.2. The molecule has 27 heteroatoms. The summed E-state index contributed by atoms with van der Waals surface area (Å²) in [6.07, 6.45) is -12.5. The molecule has 4 heterocycles. The lowest BCUT2D eigenvalue weighted by atomic mass is 9.87. The number of aromatic nitrogens is 6. The number of hydrogen-bond donors (Lipinski definition) is 2. The van der Waals surface area contributed by atoms with Crippen LogP contribution in [0, 0.1) is 27.7 Å². The highest BCUT2D eigenvalue weighted by Crippen LogP contribution is 2.55. The van der Waals surface area contributed by atoms with Gasteiger partial charge in [0.05, 0.1) is 47.3 Å². The van der Waals surface area contributed by atoms with Gasteiger partial charge in [-0.2, -0.15) is 62.9 Å². The fourth-order valence-corrected chi connectivity index (χ4v) is 7.98. The topological polar surface area (TPSA) is 134 Å². The van der Waals surface area contributed by atoms with Crippen molar-refractivity contribution >= 4 is 46.0 Å². The SMILES string of the molecule is Cc1cc(C(F)(C(F)(F)F)C(F)(F)F)cc(C)c1-c1cnn(-c2cnc(Cl)c(C(=O)Cl)c2)c1.Cc1cc(C(F)(C(F)(F)F)C(F)(F)F)cc(C)c1-c1cnn(-c2cnc(Cl)c(C(=O)NC3CC3)c2)c1.NC1CC1. The maximum Gasteiger partial charge on any atom is 0.435 e. The number of carbonyl (C=O) groups is 2. The first-order valence-electron chi connectivity index (χ1n) is 21.2. The summed E-state index contributed by atoms with van der Waals surface area (Å²) in [5.74, 6) is -0.407. The Bertz CT molecular complexity index is 2980. The van der Waals surface area contributed by atoms with Crippen LogP contribution in [0.1, 0.15) is 79.8 Å². The van der Waals surface area contributed by atoms with Crippen LogP contribution in [0.2, 0.25) is 10.3 Å². The molecule has 0 radical (unpaired) electrons. The highest BCUT2D eigenvalue weighted by molar-refractivity contribution is 6.68. The predicted molar refractivity (Wildman–Crippen MR) is 240 cm³/mol. The van der Waals surface area contributed by atoms with Crippen molar-refractivity contribution in [2.24, 2.45) is 5.73 Å². The van der Waals surface area contributed by atoms with Gasteiger partial charge in [-0.05, 0) is 110 Å². The predicted octanol–water partition coefficient (Wildman–Crippen LogP) is 13.4. The number of carbonyl (C=O) groups excluding carboxylic acids is 2. The van der Waals surface area contributed by atoms with Gasteiger partial charge < -0.3 is 11.1 Å². The Hall–Kier alpha value is -5.85. The van der Waals surface area contributed by atoms with Gasteiger partial charge in [-0.3, -0.25) is 9.59 Å². The van der Waals surface area contributed by atoms with Gasteiger partial charge in [0.25, 0.3) is 11.1 Å². The Morgan fingerprint density at radius 2 is 0.890 bits per heavy atom. The van der Waals surface area contributed by atoms with Gasteiger partial charge in [0.2, 0.25) is 0 Å². The number of hydrogen-bond acceptors (Lipinski definition) is 7. The van der Waals surface area contributed by atoms with E-state index >= 15 is 0 Å². The van der Waals surface area contributed by atoms with Crippen LogP contribution in [0.5, 0.6) is 0 Å². The van der Waals surface area contributed by atoms with E-state index in [2.05, 4.69) is 25.5 Å². The fourth-order valence-electron chi connectivity index (χ4n) is 7.41. The Labute approximate surface area is 419 Å². The molecule has 73 heavy (non-hydrogen) atoms. The van der Waals surface area contributed by atoms with Crippen LogP contribution >= 0.6 is 34.8 Å². The number of nitrogens with zero attached hydrogens (tertiary/aromatic N) is 6. The first kappa shape index (κ1) is 56.4. The highest BCUT2D eigenvalue weighted by atomic mass is 35.5. The largest absolute Gasteiger partial charge is 0.435 e. The minimum Gasteiger partial charge on any atom is -0.349 e. The summed E-state index contributed by atoms with van der Waals surface area (Å²) >= 11 is 17.3. The van der Waals surface area contributed by atoms with Gasteiger partial charge in [0.1, 0.15) is 10.3 Å². The van der Waals surface area contributed by atoms with Crippen molar-refractivity contribution in [2.45, 2.75) is 102 Å². The zero-order chi connectivity index (χ0) is 54.6. The second-order valence-corrected chi connectivity index (χ2v) is 18.1. The van der Waals surface area contributed by atoms with E-state index < -0.39 is 58.3 Å². The van der Waals surface area contributed by atoms with Crippen LogP contribution in [0.15, 0.2) is 73.6 Å². The van der Waals surface area contributed by atoms with E-state index in [4.69, 9.17) is 40.5 Å². The van der Waals surface area contributed by atoms with Crippen molar-refractivity contribution in [3.05, 3.63) is 128 Å². The first-order valence-corrected chi connectivity index (χ1v) is 22.3. The molecule has 2 aromatic carbocycles. The van der Waals surface area contributed by atoms with Crippen LogP contribution in [0.3, 0.4) is 0 Å². The van der Waals surface area contributed by atoms with Crippen LogP contribution < -0.4 is 11.1 Å². The van der Waals surface area contributed by atoms with E-state index in [1.165, 1.54) is 99.2 Å². The monoisotopic (exact) mass is 1100 g/mol. The number of benzene rings is 2. The van der Waals surface area contributed by atoms with Crippen LogP contribution in [0.4, 0.5) is 61.5 Å². The first-order chi connectivity index (χ1) is 33.6. The van der Waals surface area contributed by atoms with E-state index in [1.807, 2.05) is 0 Å². The number of pyridine rings is 2. The molecule has 4 aromatic heterocycles. The van der Waals surface area contributed by atoms with E-state index in [-0.39, 0.29) is 66.5 Å². The van der Waals surface area contributed by atoms with E-state index in [1.54, 1.807) is 0 Å². The lowest BCUT2D eigenvalue weighted by molar-refractivity contribution is -0.349. The second-order valence-electron chi connectivity index (χ2n) is 17.0. The molecule has 392 valence electrons. The number of nitrogens with two attached hydrogens (primary N) is 1. The lowest BCUT2D eigenvalue weighted by Crippen LogP contribution is -2.50. The average Bonchev–Trinajstić information content (AvgIpc) is 4.15. The minimum absolute atomic E-state index is 0.0150. The Morgan fingerprint density at radius 3 is 1.19 bits per heavy atom. The summed E-state index contributed by atoms with van der Waals surface area (Å²) in [6, 6.07) is 5.50. The second kappa shape index (κ2) is 20.5. The van der Waals surface area contributed by atoms with Gasteiger partial charge in [0, 0.05) is 46.7 Å². The third-order valence-electron chi connectivity index (χ3n) is 11.3. The molecule has 2 fully saturated rings. The third-order valence-corrected chi connectivity index (χ3v) is 12.1. The van der Waals surface area contributed by atoms with E-state index in [0.29, 0.717) is 47.1 Å². The van der Waals surface area contributed by atoms with Crippen LogP contribution in [-0.2, 0) is 11.3 Å². The molecule has 0 atom stereocenters. The van der Waals surface area contributed by atoms with Crippen molar-refractivity contribution < 1.29 is 71.1 Å². The molecule has 0 bridgehead atoms. The molecule has 10 nitrogen and oxygen atoms in total. The average molecular weight is 1110 g/mol. The van der Waals surface area contributed by atoms with E-state index in [9.17, 15) is 71.1 Å². The highest BCUT2D eigenvalue weighted by Gasteiger charge is 2.74. The number of nitrogens with one attached hydrogen (secondary N) is 1. The van der Waals surface area contributed by atoms with Gasteiger partial charge in [-0.1, -0.05) is 47.5 Å². The molecule has 6 aromatic rings. The molecule has 0 unspecified atom stereocenters. The Morgan fingerprint density at radius 1 is 0.562 bits per heavy atom. The normalized spacial score (nSPS) is 14.5. The van der Waals surface area contributed by atoms with E-state index in [0.717, 1.165) is 12.8 Å². The van der Waals surface area contributed by atoms with Crippen molar-refractivity contribution in [3.63, 3.8) is 0 Å². The summed E-state index contributed by atoms with van der Waals surface area (Å²) in [6.45, 7) is 5.07. The molecule has 2 saturated carbocycles. The molecule has 0 saturated heterocycles. The molecule has 3 N–H and O–H groups in total. The molecule has 8 rings (SSSR count). The summed E-state index contributed by atoms with van der Waals surface area (Å²) in [4.78, 5) is 31.7. The quantitative estimate of drug-likeness (QED) is 0.0837.